The van der Waals surface area contributed by atoms with Crippen molar-refractivity contribution in [2.45, 2.75) is 157 Å². The lowest BCUT2D eigenvalue weighted by atomic mass is 9.98. The van der Waals surface area contributed by atoms with E-state index >= 15 is 9.59 Å². The maximum absolute atomic E-state index is 15.2. The second kappa shape index (κ2) is 22.2. The van der Waals surface area contributed by atoms with Crippen molar-refractivity contribution in [1.29, 1.82) is 0 Å². The van der Waals surface area contributed by atoms with Crippen LogP contribution in [0.2, 0.25) is 0 Å². The van der Waals surface area contributed by atoms with E-state index in [1.54, 1.807) is 22.7 Å². The van der Waals surface area contributed by atoms with Crippen molar-refractivity contribution in [2.24, 2.45) is 11.8 Å². The molecule has 2 aliphatic heterocycles. The zero-order chi connectivity index (χ0) is 41.0. The number of hydrogen-bond acceptors (Lipinski definition) is 6. The SMILES string of the molecule is CCCCCCc1ccc(-c2ccc(C3=C4C(=O)N(CC(CC)CCCC)C(c5ccc(-c6ccc(CCCCCC)s6)s5)=C4C(=O)N3CC(CC)CCCC)s2)s1. The molecule has 2 unspecified atom stereocenters. The van der Waals surface area contributed by atoms with Gasteiger partial charge >= 0.3 is 0 Å². The number of thiophene rings is 4. The third-order valence-electron chi connectivity index (χ3n) is 12.2. The Labute approximate surface area is 366 Å². The third-order valence-corrected chi connectivity index (χ3v) is 17.1. The second-order valence-corrected chi connectivity index (χ2v) is 21.1. The first-order valence-corrected chi connectivity index (χ1v) is 26.1. The Balaban J connectivity index is 1.42. The highest BCUT2D eigenvalue weighted by atomic mass is 32.1. The summed E-state index contributed by atoms with van der Waals surface area (Å²) in [5, 5.41) is 0. The molecule has 0 aromatic carbocycles. The van der Waals surface area contributed by atoms with E-state index in [1.165, 1.54) is 80.6 Å². The minimum atomic E-state index is 0.00767. The molecule has 0 radical (unpaired) electrons. The molecule has 0 fully saturated rings. The summed E-state index contributed by atoms with van der Waals surface area (Å²) in [6.45, 7) is 14.8. The maximum atomic E-state index is 15.2. The van der Waals surface area contributed by atoms with E-state index in [9.17, 15) is 0 Å². The molecule has 4 aromatic rings. The molecule has 8 heteroatoms. The van der Waals surface area contributed by atoms with Crippen LogP contribution in [0.1, 0.15) is 164 Å². The summed E-state index contributed by atoms with van der Waals surface area (Å²) in [5.74, 6) is 0.770. The molecule has 0 saturated heterocycles. The standard InChI is InChI=1S/C50H68N2O2S4/c1-7-13-17-19-23-37-25-27-39(55-37)41-29-31-43(57-41)47-45-46(50(54)51(47)33-35(11-5)21-15-9-3)48(52(49(45)53)34-36(12-6)22-16-10-4)44-32-30-42(58-44)40-28-26-38(56-40)24-20-18-14-8-2/h25-32,35-36H,7-24,33-34H2,1-6H3. The topological polar surface area (TPSA) is 40.6 Å². The number of hydrogen-bond donors (Lipinski definition) is 0. The first-order chi connectivity index (χ1) is 28.3. The highest BCUT2D eigenvalue weighted by molar-refractivity contribution is 7.23. The van der Waals surface area contributed by atoms with Gasteiger partial charge in [0, 0.05) is 42.4 Å². The number of amides is 2. The van der Waals surface area contributed by atoms with E-state index in [-0.39, 0.29) is 11.8 Å². The molecule has 0 spiro atoms. The molecule has 2 atom stereocenters. The van der Waals surface area contributed by atoms with Gasteiger partial charge in [0.15, 0.2) is 0 Å². The Kier molecular flexibility index (Phi) is 17.1. The molecule has 4 aromatic heterocycles. The highest BCUT2D eigenvalue weighted by Crippen LogP contribution is 2.51. The lowest BCUT2D eigenvalue weighted by molar-refractivity contribution is -0.124. The van der Waals surface area contributed by atoms with E-state index < -0.39 is 0 Å². The minimum absolute atomic E-state index is 0.00767. The summed E-state index contributed by atoms with van der Waals surface area (Å²) >= 11 is 7.29. The van der Waals surface area contributed by atoms with Gasteiger partial charge in [-0.05, 0) is 98.9 Å². The van der Waals surface area contributed by atoms with Gasteiger partial charge in [-0.25, -0.2) is 0 Å². The number of nitrogens with zero attached hydrogens (tertiary/aromatic N) is 2. The van der Waals surface area contributed by atoms with Crippen LogP contribution in [0.4, 0.5) is 0 Å². The Morgan fingerprint density at radius 3 is 1.17 bits per heavy atom. The molecular weight excluding hydrogens is 789 g/mol. The minimum Gasteiger partial charge on any atom is -0.306 e. The Morgan fingerprint density at radius 2 is 0.793 bits per heavy atom. The molecule has 0 N–H and O–H groups in total. The molecule has 314 valence electrons. The van der Waals surface area contributed by atoms with Crippen LogP contribution in [0, 0.1) is 11.8 Å². The fourth-order valence-corrected chi connectivity index (χ4v) is 13.0. The lowest BCUT2D eigenvalue weighted by Crippen LogP contribution is -2.34. The summed E-state index contributed by atoms with van der Waals surface area (Å²) in [6, 6.07) is 18.0. The Hall–Kier alpha value is -2.78. The summed E-state index contributed by atoms with van der Waals surface area (Å²) < 4.78 is 0. The molecular formula is C50H68N2O2S4. The van der Waals surface area contributed by atoms with Gasteiger partial charge < -0.3 is 9.80 Å². The van der Waals surface area contributed by atoms with Crippen molar-refractivity contribution in [3.8, 4) is 19.5 Å². The van der Waals surface area contributed by atoms with E-state index in [4.69, 9.17) is 0 Å². The first kappa shape index (κ1) is 44.8. The smallest absolute Gasteiger partial charge is 0.261 e. The largest absolute Gasteiger partial charge is 0.306 e. The fourth-order valence-electron chi connectivity index (χ4n) is 8.54. The number of aryl methyl sites for hydroxylation is 2. The number of fused-ring (bicyclic) bond motifs is 1. The van der Waals surface area contributed by atoms with E-state index in [0.717, 1.165) is 85.4 Å². The second-order valence-electron chi connectivity index (χ2n) is 16.6. The number of unbranched alkanes of at least 4 members (excludes halogenated alkanes) is 8. The van der Waals surface area contributed by atoms with Crippen LogP contribution in [0.25, 0.3) is 30.9 Å². The predicted octanol–water partition coefficient (Wildman–Crippen LogP) is 15.8. The van der Waals surface area contributed by atoms with Crippen molar-refractivity contribution >= 4 is 68.6 Å². The lowest BCUT2D eigenvalue weighted by Gasteiger charge is -2.29. The van der Waals surface area contributed by atoms with Gasteiger partial charge in [0.1, 0.15) is 0 Å². The van der Waals surface area contributed by atoms with Crippen molar-refractivity contribution in [3.63, 3.8) is 0 Å². The third kappa shape index (κ3) is 10.6. The van der Waals surface area contributed by atoms with Gasteiger partial charge in [0.25, 0.3) is 11.8 Å². The molecule has 58 heavy (non-hydrogen) atoms. The average Bonchev–Trinajstić information content (AvgIpc) is 4.10. The van der Waals surface area contributed by atoms with E-state index in [1.807, 2.05) is 32.5 Å². The number of carbonyl (C=O) groups excluding carboxylic acids is 2. The fraction of sp³-hybridized carbons (Fsp3) is 0.560. The first-order valence-electron chi connectivity index (χ1n) is 22.9. The molecule has 0 bridgehead atoms. The van der Waals surface area contributed by atoms with Gasteiger partial charge in [-0.1, -0.05) is 119 Å². The van der Waals surface area contributed by atoms with Gasteiger partial charge in [-0.15, -0.1) is 45.3 Å². The number of rotatable bonds is 26. The summed E-state index contributed by atoms with van der Waals surface area (Å²) in [6.07, 6.45) is 21.2. The summed E-state index contributed by atoms with van der Waals surface area (Å²) in [4.78, 5) is 44.4. The van der Waals surface area contributed by atoms with Crippen molar-refractivity contribution in [3.05, 3.63) is 79.2 Å². The van der Waals surface area contributed by atoms with Crippen LogP contribution in [0.3, 0.4) is 0 Å². The normalized spacial score (nSPS) is 15.5. The monoisotopic (exact) mass is 856 g/mol. The molecule has 2 amide bonds. The van der Waals surface area contributed by atoms with Gasteiger partial charge in [0.05, 0.1) is 32.3 Å². The summed E-state index contributed by atoms with van der Waals surface area (Å²) in [5.41, 5.74) is 2.95. The number of carbonyl (C=O) groups is 2. The molecule has 2 aliphatic rings. The van der Waals surface area contributed by atoms with Crippen LogP contribution in [0.15, 0.2) is 59.7 Å². The van der Waals surface area contributed by atoms with Crippen LogP contribution in [-0.4, -0.2) is 34.7 Å². The maximum Gasteiger partial charge on any atom is 0.261 e. The van der Waals surface area contributed by atoms with Gasteiger partial charge in [-0.3, -0.25) is 9.59 Å². The zero-order valence-corrected chi connectivity index (χ0v) is 39.5. The molecule has 4 nitrogen and oxygen atoms in total. The van der Waals surface area contributed by atoms with E-state index in [0.29, 0.717) is 36.1 Å². The average molecular weight is 857 g/mol. The zero-order valence-electron chi connectivity index (χ0n) is 36.3. The summed E-state index contributed by atoms with van der Waals surface area (Å²) in [7, 11) is 0. The van der Waals surface area contributed by atoms with E-state index in [2.05, 4.69) is 90.1 Å². The van der Waals surface area contributed by atoms with Gasteiger partial charge in [0.2, 0.25) is 0 Å². The van der Waals surface area contributed by atoms with Crippen LogP contribution in [-0.2, 0) is 22.4 Å². The van der Waals surface area contributed by atoms with Crippen molar-refractivity contribution in [1.82, 2.24) is 9.80 Å². The van der Waals surface area contributed by atoms with Crippen LogP contribution in [0.5, 0.6) is 0 Å². The molecule has 0 saturated carbocycles. The predicted molar refractivity (Wildman–Crippen MR) is 255 cm³/mol. The molecule has 0 aliphatic carbocycles. The van der Waals surface area contributed by atoms with Crippen LogP contribution >= 0.6 is 45.3 Å². The quantitative estimate of drug-likeness (QED) is 0.0590. The van der Waals surface area contributed by atoms with Gasteiger partial charge in [-0.2, -0.15) is 0 Å². The van der Waals surface area contributed by atoms with Crippen molar-refractivity contribution < 1.29 is 9.59 Å². The molecule has 6 heterocycles. The Morgan fingerprint density at radius 1 is 0.431 bits per heavy atom. The Bertz CT molecular complexity index is 1860. The highest BCUT2D eigenvalue weighted by Gasteiger charge is 2.50. The van der Waals surface area contributed by atoms with Crippen molar-refractivity contribution in [2.75, 3.05) is 13.1 Å². The molecule has 6 rings (SSSR count). The van der Waals surface area contributed by atoms with Crippen LogP contribution < -0.4 is 0 Å².